The average molecular weight is 191 g/mol. The summed E-state index contributed by atoms with van der Waals surface area (Å²) in [6.07, 6.45) is 4.06. The molecule has 0 aromatic heterocycles. The van der Waals surface area contributed by atoms with E-state index in [0.29, 0.717) is 6.10 Å². The quantitative estimate of drug-likeness (QED) is 0.773. The van der Waals surface area contributed by atoms with E-state index in [1.165, 1.54) is 19.3 Å². The van der Waals surface area contributed by atoms with Crippen LogP contribution >= 0.6 is 0 Å². The summed E-state index contributed by atoms with van der Waals surface area (Å²) in [5.41, 5.74) is 0. The standard InChI is InChI=1S/C12H17NO/c1-2-6-11(7-3-1)14-12-8-4-5-9-13-10-12/h1-3,6-7,12-13H,4-5,8-10H2. The zero-order valence-electron chi connectivity index (χ0n) is 8.41. The number of rotatable bonds is 2. The zero-order valence-corrected chi connectivity index (χ0v) is 8.41. The van der Waals surface area contributed by atoms with Crippen molar-refractivity contribution in [2.24, 2.45) is 0 Å². The first kappa shape index (κ1) is 9.53. The SMILES string of the molecule is c1ccc(OC2CCCCNC2)cc1. The molecule has 0 amide bonds. The van der Waals surface area contributed by atoms with Crippen LogP contribution in [0.5, 0.6) is 5.75 Å². The molecule has 1 fully saturated rings. The van der Waals surface area contributed by atoms with E-state index >= 15 is 0 Å². The zero-order chi connectivity index (χ0) is 9.64. The summed E-state index contributed by atoms with van der Waals surface area (Å²) in [6, 6.07) is 10.1. The van der Waals surface area contributed by atoms with Gasteiger partial charge in [0.05, 0.1) is 0 Å². The highest BCUT2D eigenvalue weighted by atomic mass is 16.5. The molecule has 76 valence electrons. The Hall–Kier alpha value is -1.02. The lowest BCUT2D eigenvalue weighted by Crippen LogP contribution is -2.29. The molecule has 1 aromatic carbocycles. The van der Waals surface area contributed by atoms with E-state index in [4.69, 9.17) is 4.74 Å². The lowest BCUT2D eigenvalue weighted by molar-refractivity contribution is 0.194. The first-order chi connectivity index (χ1) is 6.95. The number of benzene rings is 1. The van der Waals surface area contributed by atoms with E-state index in [1.807, 2.05) is 30.3 Å². The van der Waals surface area contributed by atoms with Crippen LogP contribution in [0.2, 0.25) is 0 Å². The van der Waals surface area contributed by atoms with E-state index in [-0.39, 0.29) is 0 Å². The van der Waals surface area contributed by atoms with Gasteiger partial charge < -0.3 is 10.1 Å². The Bertz CT molecular complexity index is 252. The monoisotopic (exact) mass is 191 g/mol. The van der Waals surface area contributed by atoms with Crippen LogP contribution in [0.25, 0.3) is 0 Å². The van der Waals surface area contributed by atoms with Crippen LogP contribution in [-0.2, 0) is 0 Å². The van der Waals surface area contributed by atoms with Crippen LogP contribution in [0, 0.1) is 0 Å². The Morgan fingerprint density at radius 1 is 1.14 bits per heavy atom. The summed E-state index contributed by atoms with van der Waals surface area (Å²) < 4.78 is 5.87. The van der Waals surface area contributed by atoms with Crippen molar-refractivity contribution in [2.45, 2.75) is 25.4 Å². The molecule has 1 heterocycles. The summed E-state index contributed by atoms with van der Waals surface area (Å²) in [5, 5.41) is 3.39. The Morgan fingerprint density at radius 2 is 2.00 bits per heavy atom. The summed E-state index contributed by atoms with van der Waals surface area (Å²) in [5.74, 6) is 0.987. The third kappa shape index (κ3) is 2.74. The van der Waals surface area contributed by atoms with Crippen LogP contribution in [0.1, 0.15) is 19.3 Å². The summed E-state index contributed by atoms with van der Waals surface area (Å²) >= 11 is 0. The van der Waals surface area contributed by atoms with Gasteiger partial charge in [0.2, 0.25) is 0 Å². The molecule has 2 nitrogen and oxygen atoms in total. The van der Waals surface area contributed by atoms with Crippen LogP contribution in [0.15, 0.2) is 30.3 Å². The van der Waals surface area contributed by atoms with Gasteiger partial charge in [-0.2, -0.15) is 0 Å². The number of ether oxygens (including phenoxy) is 1. The lowest BCUT2D eigenvalue weighted by atomic mass is 10.2. The molecule has 1 aliphatic rings. The van der Waals surface area contributed by atoms with Crippen molar-refractivity contribution in [3.8, 4) is 5.75 Å². The molecule has 1 aromatic rings. The highest BCUT2D eigenvalue weighted by Crippen LogP contribution is 2.14. The molecule has 0 bridgehead atoms. The van der Waals surface area contributed by atoms with Gasteiger partial charge in [0.15, 0.2) is 0 Å². The van der Waals surface area contributed by atoms with Gasteiger partial charge in [-0.05, 0) is 37.9 Å². The maximum atomic E-state index is 5.87. The predicted octanol–water partition coefficient (Wildman–Crippen LogP) is 2.21. The molecular formula is C12H17NO. The molecule has 0 saturated carbocycles. The normalized spacial score (nSPS) is 22.7. The third-order valence-electron chi connectivity index (χ3n) is 2.55. The van der Waals surface area contributed by atoms with E-state index in [9.17, 15) is 0 Å². The fourth-order valence-electron chi connectivity index (χ4n) is 1.78. The average Bonchev–Trinajstić information content (AvgIpc) is 2.48. The van der Waals surface area contributed by atoms with Crippen molar-refractivity contribution in [2.75, 3.05) is 13.1 Å². The van der Waals surface area contributed by atoms with Crippen molar-refractivity contribution in [3.05, 3.63) is 30.3 Å². The second-order valence-corrected chi connectivity index (χ2v) is 3.75. The predicted molar refractivity (Wildman–Crippen MR) is 57.6 cm³/mol. The smallest absolute Gasteiger partial charge is 0.119 e. The summed E-state index contributed by atoms with van der Waals surface area (Å²) in [6.45, 7) is 2.11. The minimum Gasteiger partial charge on any atom is -0.489 e. The van der Waals surface area contributed by atoms with Gasteiger partial charge in [0.25, 0.3) is 0 Å². The third-order valence-corrected chi connectivity index (χ3v) is 2.55. The van der Waals surface area contributed by atoms with Gasteiger partial charge in [-0.3, -0.25) is 0 Å². The molecule has 1 unspecified atom stereocenters. The molecule has 0 aliphatic carbocycles. The first-order valence-electron chi connectivity index (χ1n) is 5.37. The van der Waals surface area contributed by atoms with Crippen LogP contribution in [0.4, 0.5) is 0 Å². The summed E-state index contributed by atoms with van der Waals surface area (Å²) in [7, 11) is 0. The Kier molecular flexibility index (Phi) is 3.41. The van der Waals surface area contributed by atoms with Crippen molar-refractivity contribution in [1.29, 1.82) is 0 Å². The van der Waals surface area contributed by atoms with Crippen molar-refractivity contribution < 1.29 is 4.74 Å². The molecule has 0 radical (unpaired) electrons. The Labute approximate surface area is 85.3 Å². The lowest BCUT2D eigenvalue weighted by Gasteiger charge is -2.16. The van der Waals surface area contributed by atoms with Crippen molar-refractivity contribution in [1.82, 2.24) is 5.32 Å². The summed E-state index contributed by atoms with van der Waals surface area (Å²) in [4.78, 5) is 0. The maximum absolute atomic E-state index is 5.87. The van der Waals surface area contributed by atoms with E-state index in [0.717, 1.165) is 18.8 Å². The molecule has 14 heavy (non-hydrogen) atoms. The molecule has 1 saturated heterocycles. The first-order valence-corrected chi connectivity index (χ1v) is 5.37. The number of hydrogen-bond acceptors (Lipinski definition) is 2. The second-order valence-electron chi connectivity index (χ2n) is 3.75. The van der Waals surface area contributed by atoms with Crippen LogP contribution < -0.4 is 10.1 Å². The fraction of sp³-hybridized carbons (Fsp3) is 0.500. The highest BCUT2D eigenvalue weighted by molar-refractivity contribution is 5.21. The number of para-hydroxylation sites is 1. The van der Waals surface area contributed by atoms with Gasteiger partial charge in [0, 0.05) is 6.54 Å². The Balaban J connectivity index is 1.90. The van der Waals surface area contributed by atoms with Gasteiger partial charge >= 0.3 is 0 Å². The second kappa shape index (κ2) is 5.01. The van der Waals surface area contributed by atoms with E-state index in [2.05, 4.69) is 5.32 Å². The van der Waals surface area contributed by atoms with Gasteiger partial charge in [-0.25, -0.2) is 0 Å². The Morgan fingerprint density at radius 3 is 2.86 bits per heavy atom. The van der Waals surface area contributed by atoms with Gasteiger partial charge in [0.1, 0.15) is 11.9 Å². The topological polar surface area (TPSA) is 21.3 Å². The van der Waals surface area contributed by atoms with Crippen molar-refractivity contribution in [3.63, 3.8) is 0 Å². The van der Waals surface area contributed by atoms with E-state index in [1.54, 1.807) is 0 Å². The minimum absolute atomic E-state index is 0.347. The van der Waals surface area contributed by atoms with Crippen LogP contribution in [0.3, 0.4) is 0 Å². The van der Waals surface area contributed by atoms with Gasteiger partial charge in [-0.1, -0.05) is 18.2 Å². The fourth-order valence-corrected chi connectivity index (χ4v) is 1.78. The highest BCUT2D eigenvalue weighted by Gasteiger charge is 2.12. The number of hydrogen-bond donors (Lipinski definition) is 1. The minimum atomic E-state index is 0.347. The number of nitrogens with one attached hydrogen (secondary N) is 1. The molecular weight excluding hydrogens is 174 g/mol. The molecule has 2 rings (SSSR count). The molecule has 1 atom stereocenters. The molecule has 0 spiro atoms. The molecule has 1 aliphatic heterocycles. The molecule has 1 N–H and O–H groups in total. The van der Waals surface area contributed by atoms with Crippen molar-refractivity contribution >= 4 is 0 Å². The maximum Gasteiger partial charge on any atom is 0.119 e. The van der Waals surface area contributed by atoms with E-state index < -0.39 is 0 Å². The molecule has 2 heteroatoms. The van der Waals surface area contributed by atoms with Crippen LogP contribution in [-0.4, -0.2) is 19.2 Å². The largest absolute Gasteiger partial charge is 0.489 e. The van der Waals surface area contributed by atoms with Gasteiger partial charge in [-0.15, -0.1) is 0 Å².